The number of benzene rings is 2. The number of carbonyl (C=O) groups is 1. The second-order valence-electron chi connectivity index (χ2n) is 7.15. The second-order valence-corrected chi connectivity index (χ2v) is 7.15. The second kappa shape index (κ2) is 8.48. The van der Waals surface area contributed by atoms with E-state index in [0.29, 0.717) is 12.1 Å². The molecule has 0 saturated heterocycles. The molecule has 3 heteroatoms. The third kappa shape index (κ3) is 3.67. The van der Waals surface area contributed by atoms with Crippen molar-refractivity contribution in [3.63, 3.8) is 0 Å². The maximum absolute atomic E-state index is 14.7. The van der Waals surface area contributed by atoms with Gasteiger partial charge in [0.15, 0.2) is 0 Å². The standard InChI is InChI=1S/C23H28FNO/c1-3-5-10-17(4-2)23(26)25-16-15-18-11-6-7-12-19(18)22(25)20-13-8-9-14-21(20)24/h6-9,11-14,17,22H,3-5,10,15-16H2,1-2H3. The summed E-state index contributed by atoms with van der Waals surface area (Å²) in [5, 5.41) is 0. The average molecular weight is 353 g/mol. The lowest BCUT2D eigenvalue weighted by Gasteiger charge is -2.39. The highest BCUT2D eigenvalue weighted by Gasteiger charge is 2.35. The third-order valence-corrected chi connectivity index (χ3v) is 5.51. The Kier molecular flexibility index (Phi) is 6.08. The molecule has 2 aromatic rings. The van der Waals surface area contributed by atoms with E-state index >= 15 is 0 Å². The largest absolute Gasteiger partial charge is 0.331 e. The summed E-state index contributed by atoms with van der Waals surface area (Å²) in [7, 11) is 0. The van der Waals surface area contributed by atoms with E-state index in [1.165, 1.54) is 11.6 Å². The lowest BCUT2D eigenvalue weighted by atomic mass is 9.86. The normalized spacial score (nSPS) is 17.7. The first-order valence-corrected chi connectivity index (χ1v) is 9.80. The summed E-state index contributed by atoms with van der Waals surface area (Å²) in [5.41, 5.74) is 2.87. The molecule has 0 bridgehead atoms. The number of fused-ring (bicyclic) bond motifs is 1. The van der Waals surface area contributed by atoms with Crippen LogP contribution in [0.25, 0.3) is 0 Å². The number of rotatable bonds is 6. The van der Waals surface area contributed by atoms with Crippen molar-refractivity contribution in [3.05, 3.63) is 71.0 Å². The average Bonchev–Trinajstić information content (AvgIpc) is 2.68. The van der Waals surface area contributed by atoms with Crippen molar-refractivity contribution in [2.45, 2.75) is 52.0 Å². The van der Waals surface area contributed by atoms with Crippen LogP contribution in [0.15, 0.2) is 48.5 Å². The van der Waals surface area contributed by atoms with Crippen LogP contribution in [0.2, 0.25) is 0 Å². The van der Waals surface area contributed by atoms with Gasteiger partial charge in [-0.2, -0.15) is 0 Å². The Hall–Kier alpha value is -2.16. The molecule has 1 aliphatic heterocycles. The van der Waals surface area contributed by atoms with Gasteiger partial charge in [-0.25, -0.2) is 4.39 Å². The Morgan fingerprint density at radius 3 is 2.50 bits per heavy atom. The molecule has 0 fully saturated rings. The van der Waals surface area contributed by atoms with Gasteiger partial charge in [-0.1, -0.05) is 69.2 Å². The monoisotopic (exact) mass is 353 g/mol. The molecule has 2 nitrogen and oxygen atoms in total. The minimum atomic E-state index is -0.329. The predicted octanol–water partition coefficient (Wildman–Crippen LogP) is 5.52. The van der Waals surface area contributed by atoms with E-state index in [-0.39, 0.29) is 23.7 Å². The van der Waals surface area contributed by atoms with E-state index < -0.39 is 0 Å². The number of hydrogen-bond donors (Lipinski definition) is 0. The van der Waals surface area contributed by atoms with Gasteiger partial charge in [0, 0.05) is 18.0 Å². The molecule has 1 amide bonds. The van der Waals surface area contributed by atoms with Crippen molar-refractivity contribution < 1.29 is 9.18 Å². The molecule has 0 aliphatic carbocycles. The first kappa shape index (κ1) is 18.6. The maximum atomic E-state index is 14.7. The minimum absolute atomic E-state index is 0.0227. The van der Waals surface area contributed by atoms with Crippen molar-refractivity contribution in [1.29, 1.82) is 0 Å². The Bertz CT molecular complexity index is 757. The van der Waals surface area contributed by atoms with Gasteiger partial charge in [0.05, 0.1) is 6.04 Å². The Morgan fingerprint density at radius 2 is 1.81 bits per heavy atom. The molecule has 0 radical (unpaired) electrons. The van der Waals surface area contributed by atoms with Gasteiger partial charge in [-0.3, -0.25) is 4.79 Å². The number of nitrogens with zero attached hydrogens (tertiary/aromatic N) is 1. The van der Waals surface area contributed by atoms with Crippen LogP contribution in [0.5, 0.6) is 0 Å². The molecule has 0 aromatic heterocycles. The minimum Gasteiger partial charge on any atom is -0.331 e. The van der Waals surface area contributed by atoms with E-state index in [4.69, 9.17) is 0 Å². The number of halogens is 1. The lowest BCUT2D eigenvalue weighted by Crippen LogP contribution is -2.43. The highest BCUT2D eigenvalue weighted by molar-refractivity contribution is 5.80. The zero-order valence-corrected chi connectivity index (χ0v) is 15.7. The van der Waals surface area contributed by atoms with E-state index in [9.17, 15) is 9.18 Å². The SMILES string of the molecule is CCCCC(CC)C(=O)N1CCc2ccccc2C1c1ccccc1F. The van der Waals surface area contributed by atoms with Crippen molar-refractivity contribution in [2.75, 3.05) is 6.54 Å². The molecule has 1 aliphatic rings. The molecule has 2 unspecified atom stereocenters. The highest BCUT2D eigenvalue weighted by atomic mass is 19.1. The number of amides is 1. The zero-order valence-electron chi connectivity index (χ0n) is 15.7. The van der Waals surface area contributed by atoms with E-state index in [1.807, 2.05) is 35.2 Å². The quantitative estimate of drug-likeness (QED) is 0.670. The van der Waals surface area contributed by atoms with Crippen LogP contribution in [0.1, 0.15) is 62.3 Å². The maximum Gasteiger partial charge on any atom is 0.226 e. The molecule has 2 aromatic carbocycles. The lowest BCUT2D eigenvalue weighted by molar-refractivity contribution is -0.138. The van der Waals surface area contributed by atoms with Crippen molar-refractivity contribution in [1.82, 2.24) is 4.90 Å². The zero-order chi connectivity index (χ0) is 18.5. The van der Waals surface area contributed by atoms with Gasteiger partial charge in [0.25, 0.3) is 0 Å². The molecular weight excluding hydrogens is 325 g/mol. The summed E-state index contributed by atoms with van der Waals surface area (Å²) in [6.07, 6.45) is 4.72. The summed E-state index contributed by atoms with van der Waals surface area (Å²) in [5.74, 6) is -0.0493. The topological polar surface area (TPSA) is 20.3 Å². The van der Waals surface area contributed by atoms with Crippen molar-refractivity contribution in [2.24, 2.45) is 5.92 Å². The first-order valence-electron chi connectivity index (χ1n) is 9.80. The fraction of sp³-hybridized carbons (Fsp3) is 0.435. The summed E-state index contributed by atoms with van der Waals surface area (Å²) in [6.45, 7) is 4.88. The Labute approximate surface area is 156 Å². The summed E-state index contributed by atoms with van der Waals surface area (Å²) in [6, 6.07) is 14.7. The van der Waals surface area contributed by atoms with Gasteiger partial charge in [0.2, 0.25) is 5.91 Å². The summed E-state index contributed by atoms with van der Waals surface area (Å²) >= 11 is 0. The van der Waals surface area contributed by atoms with Crippen LogP contribution in [0, 0.1) is 11.7 Å². The van der Waals surface area contributed by atoms with Gasteiger partial charge in [0.1, 0.15) is 5.82 Å². The van der Waals surface area contributed by atoms with Crippen LogP contribution in [0.4, 0.5) is 4.39 Å². The van der Waals surface area contributed by atoms with Crippen LogP contribution < -0.4 is 0 Å². The van der Waals surface area contributed by atoms with Crippen molar-refractivity contribution in [3.8, 4) is 0 Å². The van der Waals surface area contributed by atoms with Gasteiger partial charge in [-0.05, 0) is 36.5 Å². The Balaban J connectivity index is 2.01. The molecule has 2 atom stereocenters. The molecule has 0 saturated carbocycles. The molecule has 1 heterocycles. The van der Waals surface area contributed by atoms with Gasteiger partial charge < -0.3 is 4.90 Å². The third-order valence-electron chi connectivity index (χ3n) is 5.51. The molecule has 26 heavy (non-hydrogen) atoms. The van der Waals surface area contributed by atoms with Gasteiger partial charge >= 0.3 is 0 Å². The van der Waals surface area contributed by atoms with Crippen LogP contribution in [-0.2, 0) is 11.2 Å². The first-order chi connectivity index (χ1) is 12.7. The number of unbranched alkanes of at least 4 members (excludes halogenated alkanes) is 1. The number of carbonyl (C=O) groups excluding carboxylic acids is 1. The molecule has 138 valence electrons. The molecule has 0 N–H and O–H groups in total. The molecule has 0 spiro atoms. The fourth-order valence-electron chi connectivity index (χ4n) is 4.02. The molecule has 3 rings (SSSR count). The smallest absolute Gasteiger partial charge is 0.226 e. The summed E-state index contributed by atoms with van der Waals surface area (Å²) < 4.78 is 14.7. The van der Waals surface area contributed by atoms with E-state index in [0.717, 1.165) is 37.7 Å². The van der Waals surface area contributed by atoms with Crippen LogP contribution in [-0.4, -0.2) is 17.4 Å². The van der Waals surface area contributed by atoms with Crippen molar-refractivity contribution >= 4 is 5.91 Å². The van der Waals surface area contributed by atoms with E-state index in [1.54, 1.807) is 6.07 Å². The highest BCUT2D eigenvalue weighted by Crippen LogP contribution is 2.37. The molecular formula is C23H28FNO. The van der Waals surface area contributed by atoms with E-state index in [2.05, 4.69) is 19.9 Å². The predicted molar refractivity (Wildman–Crippen MR) is 103 cm³/mol. The summed E-state index contributed by atoms with van der Waals surface area (Å²) in [4.78, 5) is 15.3. The number of hydrogen-bond acceptors (Lipinski definition) is 1. The van der Waals surface area contributed by atoms with Crippen LogP contribution >= 0.6 is 0 Å². The van der Waals surface area contributed by atoms with Crippen LogP contribution in [0.3, 0.4) is 0 Å². The Morgan fingerprint density at radius 1 is 1.12 bits per heavy atom. The fourth-order valence-corrected chi connectivity index (χ4v) is 4.02. The van der Waals surface area contributed by atoms with Gasteiger partial charge in [-0.15, -0.1) is 0 Å².